The second-order valence-electron chi connectivity index (χ2n) is 7.60. The molecule has 3 rings (SSSR count). The van der Waals surface area contributed by atoms with E-state index in [0.29, 0.717) is 30.1 Å². The van der Waals surface area contributed by atoms with Gasteiger partial charge in [-0.2, -0.15) is 0 Å². The summed E-state index contributed by atoms with van der Waals surface area (Å²) < 4.78 is 16.0. The van der Waals surface area contributed by atoms with Crippen LogP contribution < -0.4 is 14.8 Å². The number of hydrogen-bond donors (Lipinski definition) is 1. The Morgan fingerprint density at radius 2 is 1.77 bits per heavy atom. The van der Waals surface area contributed by atoms with E-state index in [-0.39, 0.29) is 18.3 Å². The topological polar surface area (TPSA) is 90.9 Å². The number of amides is 1. The van der Waals surface area contributed by atoms with Crippen molar-refractivity contribution >= 4 is 17.7 Å². The Morgan fingerprint density at radius 1 is 1.06 bits per heavy atom. The van der Waals surface area contributed by atoms with E-state index >= 15 is 0 Å². The molecule has 0 fully saturated rings. The van der Waals surface area contributed by atoms with Gasteiger partial charge in [0, 0.05) is 17.5 Å². The molecule has 164 valence electrons. The molecule has 0 radical (unpaired) electrons. The van der Waals surface area contributed by atoms with E-state index in [0.717, 1.165) is 17.7 Å². The van der Waals surface area contributed by atoms with Gasteiger partial charge in [-0.1, -0.05) is 13.8 Å². The molecule has 1 amide bonds. The monoisotopic (exact) mass is 425 g/mol. The summed E-state index contributed by atoms with van der Waals surface area (Å²) in [6.45, 7) is 6.22. The van der Waals surface area contributed by atoms with Crippen molar-refractivity contribution in [1.29, 1.82) is 0 Å². The molecule has 0 spiro atoms. The maximum atomic E-state index is 12.6. The van der Waals surface area contributed by atoms with Crippen molar-refractivity contribution in [2.24, 2.45) is 5.92 Å². The van der Waals surface area contributed by atoms with Crippen LogP contribution in [0.5, 0.6) is 11.5 Å². The Balaban J connectivity index is 1.58. The Bertz CT molecular complexity index is 951. The fraction of sp³-hybridized carbons (Fsp3) is 0.375. The van der Waals surface area contributed by atoms with Gasteiger partial charge in [-0.15, -0.1) is 0 Å². The van der Waals surface area contributed by atoms with Gasteiger partial charge in [0.15, 0.2) is 12.4 Å². The summed E-state index contributed by atoms with van der Waals surface area (Å²) in [4.78, 5) is 37.6. The molecule has 1 heterocycles. The molecule has 2 aromatic carbocycles. The molecule has 0 saturated heterocycles. The number of carbonyl (C=O) groups is 3. The lowest BCUT2D eigenvalue weighted by atomic mass is 10.0. The van der Waals surface area contributed by atoms with Crippen molar-refractivity contribution in [3.8, 4) is 11.5 Å². The van der Waals surface area contributed by atoms with Crippen LogP contribution in [-0.4, -0.2) is 43.5 Å². The first-order chi connectivity index (χ1) is 14.9. The molecule has 0 bridgehead atoms. The highest BCUT2D eigenvalue weighted by atomic mass is 16.5. The molecule has 0 unspecified atom stereocenters. The first kappa shape index (κ1) is 22.3. The van der Waals surface area contributed by atoms with Crippen molar-refractivity contribution in [3.05, 3.63) is 59.2 Å². The van der Waals surface area contributed by atoms with E-state index in [4.69, 9.17) is 14.2 Å². The van der Waals surface area contributed by atoms with Gasteiger partial charge in [0.05, 0.1) is 13.2 Å². The van der Waals surface area contributed by atoms with Crippen molar-refractivity contribution in [1.82, 2.24) is 5.32 Å². The van der Waals surface area contributed by atoms with Crippen LogP contribution >= 0.6 is 0 Å². The smallest absolute Gasteiger partial charge is 0.329 e. The van der Waals surface area contributed by atoms with Crippen LogP contribution in [0.3, 0.4) is 0 Å². The summed E-state index contributed by atoms with van der Waals surface area (Å²) in [5, 5.41) is 2.70. The molecule has 0 aromatic heterocycles. The largest absolute Gasteiger partial charge is 0.494 e. The third-order valence-electron chi connectivity index (χ3n) is 4.99. The van der Waals surface area contributed by atoms with Crippen molar-refractivity contribution < 1.29 is 28.6 Å². The summed E-state index contributed by atoms with van der Waals surface area (Å²) in [5.41, 5.74) is 1.84. The van der Waals surface area contributed by atoms with Crippen molar-refractivity contribution in [2.75, 3.05) is 19.8 Å². The maximum absolute atomic E-state index is 12.6. The number of fused-ring (bicyclic) bond motifs is 1. The average molecular weight is 425 g/mol. The Hall–Kier alpha value is -3.35. The van der Waals surface area contributed by atoms with Gasteiger partial charge in [0.1, 0.15) is 17.5 Å². The van der Waals surface area contributed by atoms with E-state index < -0.39 is 17.9 Å². The highest BCUT2D eigenvalue weighted by Gasteiger charge is 2.27. The SMILES string of the molecule is CCOc1ccc(C(=O)N[C@H](C(=O)OCC(=O)c2ccc3c(c2)CCO3)C(C)C)cc1. The summed E-state index contributed by atoms with van der Waals surface area (Å²) in [7, 11) is 0. The van der Waals surface area contributed by atoms with E-state index in [2.05, 4.69) is 5.32 Å². The van der Waals surface area contributed by atoms with Crippen molar-refractivity contribution in [2.45, 2.75) is 33.2 Å². The van der Waals surface area contributed by atoms with Gasteiger partial charge in [-0.25, -0.2) is 4.79 Å². The van der Waals surface area contributed by atoms with Crippen LogP contribution in [0.4, 0.5) is 0 Å². The number of ketones is 1. The van der Waals surface area contributed by atoms with Gasteiger partial charge in [-0.05, 0) is 60.9 Å². The zero-order valence-electron chi connectivity index (χ0n) is 18.0. The third-order valence-corrected chi connectivity index (χ3v) is 4.99. The van der Waals surface area contributed by atoms with E-state index in [1.54, 1.807) is 56.3 Å². The molecule has 0 aliphatic carbocycles. The van der Waals surface area contributed by atoms with Gasteiger partial charge >= 0.3 is 5.97 Å². The van der Waals surface area contributed by atoms with Crippen LogP contribution in [0.2, 0.25) is 0 Å². The summed E-state index contributed by atoms with van der Waals surface area (Å²) in [6, 6.07) is 11.0. The predicted molar refractivity (Wildman–Crippen MR) is 115 cm³/mol. The van der Waals surface area contributed by atoms with Crippen LogP contribution in [-0.2, 0) is 16.0 Å². The fourth-order valence-corrected chi connectivity index (χ4v) is 3.26. The minimum Gasteiger partial charge on any atom is -0.494 e. The van der Waals surface area contributed by atoms with Crippen LogP contribution in [0.15, 0.2) is 42.5 Å². The quantitative estimate of drug-likeness (QED) is 0.490. The Morgan fingerprint density at radius 3 is 2.45 bits per heavy atom. The highest BCUT2D eigenvalue weighted by molar-refractivity contribution is 5.99. The van der Waals surface area contributed by atoms with E-state index in [1.165, 1.54) is 0 Å². The van der Waals surface area contributed by atoms with Crippen molar-refractivity contribution in [3.63, 3.8) is 0 Å². The molecule has 1 atom stereocenters. The Labute approximate surface area is 181 Å². The molecule has 7 nitrogen and oxygen atoms in total. The number of nitrogens with one attached hydrogen (secondary N) is 1. The minimum atomic E-state index is -0.875. The number of Topliss-reactive ketones (excluding diaryl/α,β-unsaturated/α-hetero) is 1. The number of benzene rings is 2. The van der Waals surface area contributed by atoms with Crippen LogP contribution in [0.25, 0.3) is 0 Å². The molecule has 31 heavy (non-hydrogen) atoms. The zero-order chi connectivity index (χ0) is 22.4. The molecule has 1 aliphatic rings. The van der Waals surface area contributed by atoms with Crippen LogP contribution in [0.1, 0.15) is 47.1 Å². The fourth-order valence-electron chi connectivity index (χ4n) is 3.26. The molecular formula is C24H27NO6. The molecule has 1 aliphatic heterocycles. The maximum Gasteiger partial charge on any atom is 0.329 e. The number of esters is 1. The first-order valence-electron chi connectivity index (χ1n) is 10.4. The normalized spacial score (nSPS) is 13.2. The minimum absolute atomic E-state index is 0.216. The van der Waals surface area contributed by atoms with Gasteiger partial charge in [0.2, 0.25) is 0 Å². The van der Waals surface area contributed by atoms with Gasteiger partial charge < -0.3 is 19.5 Å². The number of carbonyl (C=O) groups excluding carboxylic acids is 3. The average Bonchev–Trinajstić information content (AvgIpc) is 3.24. The summed E-state index contributed by atoms with van der Waals surface area (Å²) >= 11 is 0. The van der Waals surface area contributed by atoms with Crippen LogP contribution in [0, 0.1) is 5.92 Å². The standard InChI is InChI=1S/C24H27NO6/c1-4-29-19-8-5-16(6-9-19)23(27)25-22(15(2)3)24(28)31-14-20(26)17-7-10-21-18(13-17)11-12-30-21/h5-10,13,15,22H,4,11-12,14H2,1-3H3,(H,25,27)/t22-/m0/s1. The van der Waals surface area contributed by atoms with E-state index in [1.807, 2.05) is 6.92 Å². The molecule has 1 N–H and O–H groups in total. The lowest BCUT2D eigenvalue weighted by molar-refractivity contribution is -0.145. The molecular weight excluding hydrogens is 398 g/mol. The lowest BCUT2D eigenvalue weighted by Crippen LogP contribution is -2.45. The van der Waals surface area contributed by atoms with Gasteiger partial charge in [0.25, 0.3) is 5.91 Å². The second-order valence-corrected chi connectivity index (χ2v) is 7.60. The zero-order valence-corrected chi connectivity index (χ0v) is 18.0. The number of ether oxygens (including phenoxy) is 3. The summed E-state index contributed by atoms with van der Waals surface area (Å²) in [5.74, 6) is -0.119. The second kappa shape index (κ2) is 10.1. The third kappa shape index (κ3) is 5.63. The summed E-state index contributed by atoms with van der Waals surface area (Å²) in [6.07, 6.45) is 0.753. The van der Waals surface area contributed by atoms with E-state index in [9.17, 15) is 14.4 Å². The van der Waals surface area contributed by atoms with Gasteiger partial charge in [-0.3, -0.25) is 9.59 Å². The molecule has 2 aromatic rings. The first-order valence-corrected chi connectivity index (χ1v) is 10.4. The Kier molecular flexibility index (Phi) is 7.28. The molecule has 0 saturated carbocycles. The number of hydrogen-bond acceptors (Lipinski definition) is 6. The lowest BCUT2D eigenvalue weighted by Gasteiger charge is -2.21. The predicted octanol–water partition coefficient (Wildman–Crippen LogP) is 3.20. The number of rotatable bonds is 9. The highest BCUT2D eigenvalue weighted by Crippen LogP contribution is 2.26. The molecule has 7 heteroatoms.